The van der Waals surface area contributed by atoms with E-state index >= 15 is 0 Å². The van der Waals surface area contributed by atoms with Gasteiger partial charge in [-0.3, -0.25) is 9.59 Å². The second kappa shape index (κ2) is 7.44. The number of benzene rings is 1. The summed E-state index contributed by atoms with van der Waals surface area (Å²) in [5, 5.41) is 9.62. The largest absolute Gasteiger partial charge is 0.481 e. The molecule has 7 heteroatoms. The number of rotatable bonds is 5. The number of nitrogens with zero attached hydrogens (tertiary/aromatic N) is 2. The lowest BCUT2D eigenvalue weighted by molar-refractivity contribution is -0.137. The molecule has 0 bridgehead atoms. The zero-order valence-electron chi connectivity index (χ0n) is 13.0. The molecule has 1 aliphatic rings. The van der Waals surface area contributed by atoms with Crippen molar-refractivity contribution >= 4 is 39.1 Å². The zero-order chi connectivity index (χ0) is 17.1. The minimum absolute atomic E-state index is 0.0958. The van der Waals surface area contributed by atoms with E-state index in [1.165, 1.54) is 11.3 Å². The molecule has 0 radical (unpaired) electrons. The van der Waals surface area contributed by atoms with Gasteiger partial charge in [0.15, 0.2) is 0 Å². The Balaban J connectivity index is 1.62. The molecule has 0 saturated heterocycles. The summed E-state index contributed by atoms with van der Waals surface area (Å²) in [7, 11) is 0. The molecule has 0 fully saturated rings. The van der Waals surface area contributed by atoms with Crippen LogP contribution in [0.3, 0.4) is 0 Å². The number of thiazole rings is 1. The average Bonchev–Trinajstić information content (AvgIpc) is 2.97. The first-order valence-corrected chi connectivity index (χ1v) is 9.33. The summed E-state index contributed by atoms with van der Waals surface area (Å²) in [5.74, 6) is -0.696. The van der Waals surface area contributed by atoms with E-state index in [-0.39, 0.29) is 12.3 Å². The van der Waals surface area contributed by atoms with Crippen molar-refractivity contribution in [1.29, 1.82) is 0 Å². The maximum Gasteiger partial charge on any atom is 0.303 e. The van der Waals surface area contributed by atoms with Crippen molar-refractivity contribution in [1.82, 2.24) is 9.88 Å². The molecule has 1 aromatic carbocycles. The standard InChI is InChI=1S/C17H17BrN2O3S/c18-12-3-1-11(2-4-12)9-16(21)20-8-7-13-14(10-20)24-15(19-13)5-6-17(22)23/h1-4H,5-10H2,(H,22,23). The van der Waals surface area contributed by atoms with Gasteiger partial charge in [0.1, 0.15) is 0 Å². The lowest BCUT2D eigenvalue weighted by Gasteiger charge is -2.26. The van der Waals surface area contributed by atoms with E-state index < -0.39 is 5.97 Å². The second-order valence-corrected chi connectivity index (χ2v) is 7.82. The zero-order valence-corrected chi connectivity index (χ0v) is 15.4. The monoisotopic (exact) mass is 408 g/mol. The highest BCUT2D eigenvalue weighted by molar-refractivity contribution is 9.10. The summed E-state index contributed by atoms with van der Waals surface area (Å²) in [6, 6.07) is 7.78. The number of fused-ring (bicyclic) bond motifs is 1. The van der Waals surface area contributed by atoms with Gasteiger partial charge in [0.25, 0.3) is 0 Å². The number of carbonyl (C=O) groups excluding carboxylic acids is 1. The number of aliphatic carboxylic acids is 1. The van der Waals surface area contributed by atoms with Crippen LogP contribution in [-0.4, -0.2) is 33.4 Å². The van der Waals surface area contributed by atoms with E-state index in [4.69, 9.17) is 5.11 Å². The van der Waals surface area contributed by atoms with Crippen molar-refractivity contribution in [2.75, 3.05) is 6.54 Å². The molecule has 1 N–H and O–H groups in total. The summed E-state index contributed by atoms with van der Waals surface area (Å²) >= 11 is 4.92. The summed E-state index contributed by atoms with van der Waals surface area (Å²) in [6.07, 6.45) is 1.69. The van der Waals surface area contributed by atoms with Gasteiger partial charge in [0, 0.05) is 28.7 Å². The number of carboxylic acid groups (broad SMARTS) is 1. The highest BCUT2D eigenvalue weighted by Crippen LogP contribution is 2.26. The number of amides is 1. The number of halogens is 1. The number of aromatic nitrogens is 1. The highest BCUT2D eigenvalue weighted by atomic mass is 79.9. The molecule has 0 atom stereocenters. The van der Waals surface area contributed by atoms with Crippen molar-refractivity contribution in [3.63, 3.8) is 0 Å². The van der Waals surface area contributed by atoms with Crippen molar-refractivity contribution in [2.24, 2.45) is 0 Å². The first-order valence-electron chi connectivity index (χ1n) is 7.73. The van der Waals surface area contributed by atoms with Gasteiger partial charge in [0.05, 0.1) is 30.1 Å². The van der Waals surface area contributed by atoms with Gasteiger partial charge in [-0.15, -0.1) is 11.3 Å². The Bertz CT molecular complexity index is 758. The van der Waals surface area contributed by atoms with Crippen LogP contribution in [0.15, 0.2) is 28.7 Å². The molecule has 1 aliphatic heterocycles. The predicted molar refractivity (Wildman–Crippen MR) is 95.0 cm³/mol. The lowest BCUT2D eigenvalue weighted by Crippen LogP contribution is -2.36. The Morgan fingerprint density at radius 3 is 2.75 bits per heavy atom. The molecular formula is C17H17BrN2O3S. The molecule has 0 aliphatic carbocycles. The van der Waals surface area contributed by atoms with E-state index in [0.29, 0.717) is 25.9 Å². The summed E-state index contributed by atoms with van der Waals surface area (Å²) in [4.78, 5) is 30.7. The van der Waals surface area contributed by atoms with Gasteiger partial charge < -0.3 is 10.0 Å². The van der Waals surface area contributed by atoms with Gasteiger partial charge in [-0.05, 0) is 17.7 Å². The van der Waals surface area contributed by atoms with Crippen LogP contribution in [0.4, 0.5) is 0 Å². The van der Waals surface area contributed by atoms with Crippen LogP contribution >= 0.6 is 27.3 Å². The molecule has 126 valence electrons. The van der Waals surface area contributed by atoms with Crippen LogP contribution in [0.25, 0.3) is 0 Å². The summed E-state index contributed by atoms with van der Waals surface area (Å²) < 4.78 is 1.000. The molecule has 3 rings (SSSR count). The SMILES string of the molecule is O=C(O)CCc1nc2c(s1)CN(C(=O)Cc1ccc(Br)cc1)CC2. The van der Waals surface area contributed by atoms with Crippen LogP contribution in [0, 0.1) is 0 Å². The number of carboxylic acids is 1. The lowest BCUT2D eigenvalue weighted by atomic mass is 10.1. The second-order valence-electron chi connectivity index (χ2n) is 5.74. The van der Waals surface area contributed by atoms with Gasteiger partial charge in [-0.25, -0.2) is 4.98 Å². The Labute approximate surface area is 152 Å². The highest BCUT2D eigenvalue weighted by Gasteiger charge is 2.24. The fourth-order valence-electron chi connectivity index (χ4n) is 2.67. The van der Waals surface area contributed by atoms with Gasteiger partial charge in [0.2, 0.25) is 5.91 Å². The number of hydrogen-bond acceptors (Lipinski definition) is 4. The molecule has 0 unspecified atom stereocenters. The van der Waals surface area contributed by atoms with Crippen molar-refractivity contribution in [3.8, 4) is 0 Å². The predicted octanol–water partition coefficient (Wildman–Crippen LogP) is 3.05. The molecule has 5 nitrogen and oxygen atoms in total. The third-order valence-electron chi connectivity index (χ3n) is 3.95. The quantitative estimate of drug-likeness (QED) is 0.824. The summed E-state index contributed by atoms with van der Waals surface area (Å²) in [6.45, 7) is 1.25. The van der Waals surface area contributed by atoms with Crippen LogP contribution in [0.1, 0.15) is 27.6 Å². The fourth-order valence-corrected chi connectivity index (χ4v) is 4.07. The molecule has 24 heavy (non-hydrogen) atoms. The van der Waals surface area contributed by atoms with Crippen LogP contribution in [0.2, 0.25) is 0 Å². The van der Waals surface area contributed by atoms with E-state index in [1.54, 1.807) is 0 Å². The molecule has 0 saturated carbocycles. The third-order valence-corrected chi connectivity index (χ3v) is 5.62. The maximum atomic E-state index is 12.5. The summed E-state index contributed by atoms with van der Waals surface area (Å²) in [5.41, 5.74) is 2.02. The molecule has 2 aromatic rings. The fraction of sp³-hybridized carbons (Fsp3) is 0.353. The first-order chi connectivity index (χ1) is 11.5. The van der Waals surface area contributed by atoms with Crippen molar-refractivity contribution in [3.05, 3.63) is 49.9 Å². The van der Waals surface area contributed by atoms with E-state index in [9.17, 15) is 9.59 Å². The van der Waals surface area contributed by atoms with E-state index in [2.05, 4.69) is 20.9 Å². The number of aryl methyl sites for hydroxylation is 1. The van der Waals surface area contributed by atoms with Gasteiger partial charge in [-0.2, -0.15) is 0 Å². The molecule has 0 spiro atoms. The van der Waals surface area contributed by atoms with Crippen molar-refractivity contribution in [2.45, 2.75) is 32.2 Å². The van der Waals surface area contributed by atoms with Crippen LogP contribution < -0.4 is 0 Å². The van der Waals surface area contributed by atoms with Gasteiger partial charge in [-0.1, -0.05) is 28.1 Å². The Morgan fingerprint density at radius 1 is 1.29 bits per heavy atom. The number of hydrogen-bond donors (Lipinski definition) is 1. The molecule has 1 amide bonds. The Hall–Kier alpha value is -1.73. The third kappa shape index (κ3) is 4.21. The number of carbonyl (C=O) groups is 2. The smallest absolute Gasteiger partial charge is 0.303 e. The Morgan fingerprint density at radius 2 is 2.04 bits per heavy atom. The minimum Gasteiger partial charge on any atom is -0.481 e. The average molecular weight is 409 g/mol. The Kier molecular flexibility index (Phi) is 5.30. The minimum atomic E-state index is -0.811. The van der Waals surface area contributed by atoms with Crippen LogP contribution in [0.5, 0.6) is 0 Å². The first kappa shape index (κ1) is 17.1. The van der Waals surface area contributed by atoms with Crippen LogP contribution in [-0.2, 0) is 35.4 Å². The van der Waals surface area contributed by atoms with Crippen molar-refractivity contribution < 1.29 is 14.7 Å². The molecule has 1 aromatic heterocycles. The molecule has 2 heterocycles. The normalized spacial score (nSPS) is 13.6. The molecular weight excluding hydrogens is 392 g/mol. The topological polar surface area (TPSA) is 70.5 Å². The van der Waals surface area contributed by atoms with E-state index in [0.717, 1.165) is 32.0 Å². The maximum absolute atomic E-state index is 12.5. The van der Waals surface area contributed by atoms with E-state index in [1.807, 2.05) is 29.2 Å². The van der Waals surface area contributed by atoms with Gasteiger partial charge >= 0.3 is 5.97 Å².